The van der Waals surface area contributed by atoms with E-state index < -0.39 is 0 Å². The van der Waals surface area contributed by atoms with Crippen molar-refractivity contribution in [3.63, 3.8) is 0 Å². The van der Waals surface area contributed by atoms with Crippen LogP contribution < -0.4 is 4.90 Å². The zero-order valence-corrected chi connectivity index (χ0v) is 26.7. The Labute approximate surface area is 276 Å². The Kier molecular flexibility index (Phi) is 9.70. The predicted molar refractivity (Wildman–Crippen MR) is 185 cm³/mol. The highest BCUT2D eigenvalue weighted by atomic mass is 16.5. The Hall–Kier alpha value is -4.76. The number of imidazole rings is 1. The van der Waals surface area contributed by atoms with Gasteiger partial charge in [-0.25, -0.2) is 4.98 Å². The van der Waals surface area contributed by atoms with Crippen LogP contribution in [-0.2, 0) is 22.6 Å². The smallest absolute Gasteiger partial charge is 0.275 e. The summed E-state index contributed by atoms with van der Waals surface area (Å²) in [5.74, 6) is -0.0698. The fraction of sp³-hybridized carbons (Fsp3) is 0.282. The number of nitrogens with zero attached hydrogens (tertiary/aromatic N) is 5. The Bertz CT molecular complexity index is 1740. The molecular formula is C39H41N5O3. The van der Waals surface area contributed by atoms with Gasteiger partial charge in [0.15, 0.2) is 5.69 Å². The zero-order chi connectivity index (χ0) is 31.8. The third kappa shape index (κ3) is 7.30. The summed E-state index contributed by atoms with van der Waals surface area (Å²) in [5, 5.41) is 0. The van der Waals surface area contributed by atoms with Crippen molar-refractivity contribution in [1.82, 2.24) is 19.4 Å². The van der Waals surface area contributed by atoms with E-state index in [0.717, 1.165) is 74.1 Å². The maximum absolute atomic E-state index is 14.6. The molecule has 2 saturated heterocycles. The van der Waals surface area contributed by atoms with Gasteiger partial charge in [0.1, 0.15) is 6.33 Å². The highest BCUT2D eigenvalue weighted by Crippen LogP contribution is 2.30. The average Bonchev–Trinajstić information content (AvgIpc) is 3.59. The molecule has 0 unspecified atom stereocenters. The van der Waals surface area contributed by atoms with Gasteiger partial charge in [0.05, 0.1) is 38.2 Å². The summed E-state index contributed by atoms with van der Waals surface area (Å²) in [6.07, 6.45) is 1.79. The molecule has 1 amide bonds. The summed E-state index contributed by atoms with van der Waals surface area (Å²) in [5.41, 5.74) is 6.69. The molecule has 8 heteroatoms. The molecular weight excluding hydrogens is 586 g/mol. The number of carbonyl (C=O) groups is 1. The number of amides is 1. The molecule has 0 spiro atoms. The van der Waals surface area contributed by atoms with E-state index in [1.807, 2.05) is 59.5 Å². The van der Waals surface area contributed by atoms with E-state index in [2.05, 4.69) is 75.0 Å². The Morgan fingerprint density at radius 3 is 2.19 bits per heavy atom. The first-order valence-electron chi connectivity index (χ1n) is 16.5. The van der Waals surface area contributed by atoms with Gasteiger partial charge in [0, 0.05) is 56.2 Å². The summed E-state index contributed by atoms with van der Waals surface area (Å²) < 4.78 is 13.9. The van der Waals surface area contributed by atoms with Crippen molar-refractivity contribution in [2.45, 2.75) is 19.2 Å². The summed E-state index contributed by atoms with van der Waals surface area (Å²) in [6, 6.07) is 39.2. The Balaban J connectivity index is 1.18. The number of aromatic nitrogens is 2. The van der Waals surface area contributed by atoms with Gasteiger partial charge in [-0.3, -0.25) is 14.3 Å². The largest absolute Gasteiger partial charge is 0.378 e. The lowest BCUT2D eigenvalue weighted by Crippen LogP contribution is -2.56. The molecule has 0 bridgehead atoms. The third-order valence-corrected chi connectivity index (χ3v) is 9.00. The fourth-order valence-corrected chi connectivity index (χ4v) is 6.57. The molecule has 2 aliphatic heterocycles. The first-order valence-corrected chi connectivity index (χ1v) is 16.5. The molecule has 0 N–H and O–H groups in total. The van der Waals surface area contributed by atoms with Crippen LogP contribution in [0.2, 0.25) is 0 Å². The molecule has 0 aliphatic carbocycles. The van der Waals surface area contributed by atoms with Crippen molar-refractivity contribution in [2.24, 2.45) is 0 Å². The highest BCUT2D eigenvalue weighted by molar-refractivity contribution is 5.99. The van der Waals surface area contributed by atoms with Crippen LogP contribution >= 0.6 is 0 Å². The molecule has 4 aromatic carbocycles. The Morgan fingerprint density at radius 1 is 0.766 bits per heavy atom. The van der Waals surface area contributed by atoms with Crippen LogP contribution in [0.1, 0.15) is 21.6 Å². The normalized spacial score (nSPS) is 17.1. The van der Waals surface area contributed by atoms with Crippen molar-refractivity contribution < 1.29 is 14.3 Å². The van der Waals surface area contributed by atoms with Gasteiger partial charge in [0.25, 0.3) is 5.91 Å². The number of morpholine rings is 1. The predicted octanol–water partition coefficient (Wildman–Crippen LogP) is 5.92. The topological polar surface area (TPSA) is 63.1 Å². The van der Waals surface area contributed by atoms with Gasteiger partial charge in [-0.1, -0.05) is 97.1 Å². The second kappa shape index (κ2) is 14.8. The molecule has 0 radical (unpaired) electrons. The van der Waals surface area contributed by atoms with Crippen LogP contribution in [0.3, 0.4) is 0 Å². The number of benzene rings is 4. The fourth-order valence-electron chi connectivity index (χ4n) is 6.57. The number of carbonyl (C=O) groups excluding carboxylic acids is 1. The van der Waals surface area contributed by atoms with Gasteiger partial charge in [-0.05, 0) is 29.3 Å². The Morgan fingerprint density at radius 2 is 1.45 bits per heavy atom. The van der Waals surface area contributed by atoms with E-state index in [4.69, 9.17) is 14.5 Å². The highest BCUT2D eigenvalue weighted by Gasteiger charge is 2.34. The molecule has 47 heavy (non-hydrogen) atoms. The monoisotopic (exact) mass is 627 g/mol. The number of rotatable bonds is 10. The molecule has 5 aromatic rings. The number of piperazine rings is 1. The molecule has 7 rings (SSSR count). The van der Waals surface area contributed by atoms with Gasteiger partial charge in [-0.15, -0.1) is 0 Å². The van der Waals surface area contributed by atoms with E-state index >= 15 is 0 Å². The van der Waals surface area contributed by atoms with Gasteiger partial charge >= 0.3 is 0 Å². The summed E-state index contributed by atoms with van der Waals surface area (Å²) in [6.45, 7) is 7.02. The maximum atomic E-state index is 14.6. The summed E-state index contributed by atoms with van der Waals surface area (Å²) >= 11 is 0. The first-order chi connectivity index (χ1) is 23.2. The quantitative estimate of drug-likeness (QED) is 0.192. The van der Waals surface area contributed by atoms with Crippen LogP contribution in [0, 0.1) is 0 Å². The van der Waals surface area contributed by atoms with Gasteiger partial charge < -0.3 is 19.3 Å². The van der Waals surface area contributed by atoms with Crippen LogP contribution in [0.4, 0.5) is 5.69 Å². The minimum Gasteiger partial charge on any atom is -0.378 e. The molecule has 1 atom stereocenters. The van der Waals surface area contributed by atoms with Crippen molar-refractivity contribution >= 4 is 11.6 Å². The molecule has 2 fully saturated rings. The molecule has 240 valence electrons. The number of anilines is 1. The van der Waals surface area contributed by atoms with Crippen molar-refractivity contribution in [2.75, 3.05) is 57.4 Å². The summed E-state index contributed by atoms with van der Waals surface area (Å²) in [7, 11) is 0. The SMILES string of the molecule is O=C(c1ncn(-c2cccc(N3CCOCC3)c2)c1-c1ccccc1)N1CCN(Cc2ccccc2)C[C@H]1COCc1ccccc1. The second-order valence-corrected chi connectivity index (χ2v) is 12.2. The minimum atomic E-state index is -0.123. The minimum absolute atomic E-state index is 0.0698. The maximum Gasteiger partial charge on any atom is 0.275 e. The van der Waals surface area contributed by atoms with Crippen molar-refractivity contribution in [3.8, 4) is 16.9 Å². The van der Waals surface area contributed by atoms with E-state index in [0.29, 0.717) is 25.5 Å². The number of ether oxygens (including phenoxy) is 2. The van der Waals surface area contributed by atoms with Gasteiger partial charge in [0.2, 0.25) is 0 Å². The summed E-state index contributed by atoms with van der Waals surface area (Å²) in [4.78, 5) is 26.2. The molecule has 8 nitrogen and oxygen atoms in total. The molecule has 1 aromatic heterocycles. The van der Waals surface area contributed by atoms with Crippen molar-refractivity contribution in [1.29, 1.82) is 0 Å². The lowest BCUT2D eigenvalue weighted by molar-refractivity contribution is 0.00481. The van der Waals surface area contributed by atoms with Crippen LogP contribution in [0.15, 0.2) is 122 Å². The molecule has 0 saturated carbocycles. The van der Waals surface area contributed by atoms with E-state index in [1.54, 1.807) is 6.33 Å². The standard InChI is InChI=1S/C39H41N5O3/c45-39(43-20-19-41(26-31-11-4-1-5-12-31)27-36(43)29-47-28-32-13-6-2-7-14-32)37-38(33-15-8-3-9-16-33)44(30-40-37)35-18-10-17-34(25-35)42-21-23-46-24-22-42/h1-18,25,30,36H,19-24,26-29H2/t36-/m0/s1. The van der Waals surface area contributed by atoms with Crippen LogP contribution in [0.25, 0.3) is 16.9 Å². The molecule has 3 heterocycles. The van der Waals surface area contributed by atoms with E-state index in [9.17, 15) is 4.79 Å². The van der Waals surface area contributed by atoms with Crippen molar-refractivity contribution in [3.05, 3.63) is 138 Å². The number of hydrogen-bond acceptors (Lipinski definition) is 6. The van der Waals surface area contributed by atoms with Crippen LogP contribution in [0.5, 0.6) is 0 Å². The second-order valence-electron chi connectivity index (χ2n) is 12.2. The van der Waals surface area contributed by atoms with Gasteiger partial charge in [-0.2, -0.15) is 0 Å². The van der Waals surface area contributed by atoms with E-state index in [1.165, 1.54) is 5.56 Å². The first kappa shape index (κ1) is 30.9. The third-order valence-electron chi connectivity index (χ3n) is 9.00. The average molecular weight is 628 g/mol. The molecule has 2 aliphatic rings. The lowest BCUT2D eigenvalue weighted by atomic mass is 10.1. The zero-order valence-electron chi connectivity index (χ0n) is 26.7. The van der Waals surface area contributed by atoms with E-state index in [-0.39, 0.29) is 11.9 Å². The lowest BCUT2D eigenvalue weighted by Gasteiger charge is -2.41. The number of hydrogen-bond donors (Lipinski definition) is 0. The van der Waals surface area contributed by atoms with Crippen LogP contribution in [-0.4, -0.2) is 83.8 Å².